The molecule has 3 rings (SSSR count). The van der Waals surface area contributed by atoms with E-state index in [0.717, 1.165) is 37.6 Å². The third-order valence-electron chi connectivity index (χ3n) is 3.62. The monoisotopic (exact) mass is 287 g/mol. The SMILES string of the molecule is CC(C)Oc1nccnc1N1CCCC(c2ncc[nH]2)C1. The van der Waals surface area contributed by atoms with E-state index in [-0.39, 0.29) is 6.10 Å². The Morgan fingerprint density at radius 3 is 2.86 bits per heavy atom. The summed E-state index contributed by atoms with van der Waals surface area (Å²) in [6, 6.07) is 0. The molecule has 1 aliphatic heterocycles. The second kappa shape index (κ2) is 6.11. The average molecular weight is 287 g/mol. The number of nitrogens with zero attached hydrogens (tertiary/aromatic N) is 4. The van der Waals surface area contributed by atoms with Crippen LogP contribution >= 0.6 is 0 Å². The number of ether oxygens (including phenoxy) is 1. The van der Waals surface area contributed by atoms with Crippen molar-refractivity contribution >= 4 is 5.82 Å². The van der Waals surface area contributed by atoms with Crippen molar-refractivity contribution in [2.45, 2.75) is 38.7 Å². The van der Waals surface area contributed by atoms with Crippen molar-refractivity contribution in [3.05, 3.63) is 30.6 Å². The summed E-state index contributed by atoms with van der Waals surface area (Å²) >= 11 is 0. The van der Waals surface area contributed by atoms with Crippen LogP contribution < -0.4 is 9.64 Å². The number of H-pyrrole nitrogens is 1. The molecule has 1 N–H and O–H groups in total. The van der Waals surface area contributed by atoms with Gasteiger partial charge in [-0.15, -0.1) is 0 Å². The van der Waals surface area contributed by atoms with E-state index < -0.39 is 0 Å². The number of piperidine rings is 1. The molecule has 0 spiro atoms. The molecular formula is C15H21N5O. The van der Waals surface area contributed by atoms with Crippen LogP contribution in [-0.2, 0) is 0 Å². The van der Waals surface area contributed by atoms with E-state index in [1.54, 1.807) is 12.4 Å². The molecule has 1 unspecified atom stereocenters. The lowest BCUT2D eigenvalue weighted by atomic mass is 9.97. The maximum Gasteiger partial charge on any atom is 0.257 e. The molecule has 0 aromatic carbocycles. The zero-order valence-corrected chi connectivity index (χ0v) is 12.5. The first kappa shape index (κ1) is 13.9. The summed E-state index contributed by atoms with van der Waals surface area (Å²) in [6.45, 7) is 5.87. The van der Waals surface area contributed by atoms with Crippen molar-refractivity contribution in [1.29, 1.82) is 0 Å². The summed E-state index contributed by atoms with van der Waals surface area (Å²) in [5.74, 6) is 2.91. The van der Waals surface area contributed by atoms with Gasteiger partial charge in [0.25, 0.3) is 5.88 Å². The van der Waals surface area contributed by atoms with Gasteiger partial charge in [0.15, 0.2) is 5.82 Å². The lowest BCUT2D eigenvalue weighted by Crippen LogP contribution is -2.35. The molecule has 1 aliphatic rings. The summed E-state index contributed by atoms with van der Waals surface area (Å²) < 4.78 is 5.79. The van der Waals surface area contributed by atoms with Gasteiger partial charge in [-0.2, -0.15) is 0 Å². The molecule has 1 atom stereocenters. The molecule has 2 aromatic heterocycles. The van der Waals surface area contributed by atoms with Crippen molar-refractivity contribution in [2.75, 3.05) is 18.0 Å². The van der Waals surface area contributed by atoms with E-state index in [9.17, 15) is 0 Å². The van der Waals surface area contributed by atoms with E-state index >= 15 is 0 Å². The normalized spacial score (nSPS) is 19.0. The summed E-state index contributed by atoms with van der Waals surface area (Å²) in [6.07, 6.45) is 9.43. The van der Waals surface area contributed by atoms with Gasteiger partial charge < -0.3 is 14.6 Å². The van der Waals surface area contributed by atoms with Crippen LogP contribution in [0.15, 0.2) is 24.8 Å². The molecule has 21 heavy (non-hydrogen) atoms. The third-order valence-corrected chi connectivity index (χ3v) is 3.62. The lowest BCUT2D eigenvalue weighted by Gasteiger charge is -2.33. The van der Waals surface area contributed by atoms with Gasteiger partial charge in [0.05, 0.1) is 6.10 Å². The Morgan fingerprint density at radius 2 is 2.10 bits per heavy atom. The predicted molar refractivity (Wildman–Crippen MR) is 80.6 cm³/mol. The molecule has 0 amide bonds. The highest BCUT2D eigenvalue weighted by Crippen LogP contribution is 2.31. The van der Waals surface area contributed by atoms with E-state index in [1.807, 2.05) is 26.2 Å². The molecule has 1 saturated heterocycles. The number of rotatable bonds is 4. The van der Waals surface area contributed by atoms with Crippen LogP contribution in [0.5, 0.6) is 5.88 Å². The first-order valence-electron chi connectivity index (χ1n) is 7.46. The minimum absolute atomic E-state index is 0.0890. The zero-order valence-electron chi connectivity index (χ0n) is 12.5. The number of aromatic nitrogens is 4. The summed E-state index contributed by atoms with van der Waals surface area (Å²) in [7, 11) is 0. The van der Waals surface area contributed by atoms with Crippen molar-refractivity contribution in [3.8, 4) is 5.88 Å². The first-order chi connectivity index (χ1) is 10.2. The number of hydrogen-bond donors (Lipinski definition) is 1. The maximum absolute atomic E-state index is 5.79. The van der Waals surface area contributed by atoms with Crippen LogP contribution in [-0.4, -0.2) is 39.1 Å². The highest BCUT2D eigenvalue weighted by molar-refractivity contribution is 5.48. The van der Waals surface area contributed by atoms with Gasteiger partial charge >= 0.3 is 0 Å². The van der Waals surface area contributed by atoms with E-state index in [0.29, 0.717) is 11.8 Å². The molecule has 0 bridgehead atoms. The number of anilines is 1. The number of imidazole rings is 1. The fraction of sp³-hybridized carbons (Fsp3) is 0.533. The van der Waals surface area contributed by atoms with Crippen molar-refractivity contribution in [2.24, 2.45) is 0 Å². The number of nitrogens with one attached hydrogen (secondary N) is 1. The molecule has 0 radical (unpaired) electrons. The minimum atomic E-state index is 0.0890. The topological polar surface area (TPSA) is 66.9 Å². The highest BCUT2D eigenvalue weighted by atomic mass is 16.5. The van der Waals surface area contributed by atoms with Gasteiger partial charge in [-0.1, -0.05) is 0 Å². The molecule has 0 aliphatic carbocycles. The Hall–Kier alpha value is -2.11. The van der Waals surface area contributed by atoms with Gasteiger partial charge in [-0.3, -0.25) is 0 Å². The van der Waals surface area contributed by atoms with Crippen LogP contribution in [0.4, 0.5) is 5.82 Å². The van der Waals surface area contributed by atoms with Crippen LogP contribution in [0, 0.1) is 0 Å². The van der Waals surface area contributed by atoms with Gasteiger partial charge in [-0.05, 0) is 26.7 Å². The highest BCUT2D eigenvalue weighted by Gasteiger charge is 2.26. The molecule has 6 heteroatoms. The van der Waals surface area contributed by atoms with E-state index in [1.165, 1.54) is 0 Å². The summed E-state index contributed by atoms with van der Waals surface area (Å²) in [5.41, 5.74) is 0. The Bertz CT molecular complexity index is 569. The number of aromatic amines is 1. The van der Waals surface area contributed by atoms with Crippen LogP contribution in [0.1, 0.15) is 38.4 Å². The van der Waals surface area contributed by atoms with Gasteiger partial charge in [0, 0.05) is 43.8 Å². The predicted octanol–water partition coefficient (Wildman–Crippen LogP) is 2.37. The maximum atomic E-state index is 5.79. The third kappa shape index (κ3) is 3.15. The smallest absolute Gasteiger partial charge is 0.257 e. The van der Waals surface area contributed by atoms with Gasteiger partial charge in [0.1, 0.15) is 5.82 Å². The van der Waals surface area contributed by atoms with Gasteiger partial charge in [-0.25, -0.2) is 15.0 Å². The van der Waals surface area contributed by atoms with Crippen molar-refractivity contribution < 1.29 is 4.74 Å². The second-order valence-electron chi connectivity index (χ2n) is 5.61. The van der Waals surface area contributed by atoms with E-state index in [2.05, 4.69) is 24.8 Å². The molecular weight excluding hydrogens is 266 g/mol. The fourth-order valence-electron chi connectivity index (χ4n) is 2.73. The molecule has 112 valence electrons. The molecule has 0 saturated carbocycles. The minimum Gasteiger partial charge on any atom is -0.472 e. The quantitative estimate of drug-likeness (QED) is 0.935. The standard InChI is InChI=1S/C15H21N5O/c1-11(2)21-15-14(18-7-8-19-15)20-9-3-4-12(10-20)13-16-5-6-17-13/h5-8,11-12H,3-4,9-10H2,1-2H3,(H,16,17). The Kier molecular flexibility index (Phi) is 4.03. The number of hydrogen-bond acceptors (Lipinski definition) is 5. The Morgan fingerprint density at radius 1 is 1.24 bits per heavy atom. The van der Waals surface area contributed by atoms with E-state index in [4.69, 9.17) is 4.74 Å². The Labute approximate surface area is 124 Å². The van der Waals surface area contributed by atoms with Crippen LogP contribution in [0.25, 0.3) is 0 Å². The molecule has 2 aromatic rings. The van der Waals surface area contributed by atoms with Crippen molar-refractivity contribution in [1.82, 2.24) is 19.9 Å². The summed E-state index contributed by atoms with van der Waals surface area (Å²) in [5, 5.41) is 0. The molecule has 3 heterocycles. The molecule has 6 nitrogen and oxygen atoms in total. The largest absolute Gasteiger partial charge is 0.472 e. The second-order valence-corrected chi connectivity index (χ2v) is 5.61. The zero-order chi connectivity index (χ0) is 14.7. The Balaban J connectivity index is 1.80. The lowest BCUT2D eigenvalue weighted by molar-refractivity contribution is 0.231. The van der Waals surface area contributed by atoms with Gasteiger partial charge in [0.2, 0.25) is 0 Å². The first-order valence-corrected chi connectivity index (χ1v) is 7.46. The fourth-order valence-corrected chi connectivity index (χ4v) is 2.73. The van der Waals surface area contributed by atoms with Crippen LogP contribution in [0.2, 0.25) is 0 Å². The summed E-state index contributed by atoms with van der Waals surface area (Å²) in [4.78, 5) is 18.7. The van der Waals surface area contributed by atoms with Crippen molar-refractivity contribution in [3.63, 3.8) is 0 Å². The van der Waals surface area contributed by atoms with Crippen LogP contribution in [0.3, 0.4) is 0 Å². The average Bonchev–Trinajstić information content (AvgIpc) is 3.02. The molecule has 1 fully saturated rings.